The molecule has 0 spiro atoms. The number of nitrogens with one attached hydrogen (secondary N) is 1. The van der Waals surface area contributed by atoms with Crippen molar-refractivity contribution in [2.75, 3.05) is 24.3 Å². The van der Waals surface area contributed by atoms with Crippen molar-refractivity contribution in [3.05, 3.63) is 98.5 Å². The van der Waals surface area contributed by atoms with E-state index in [9.17, 15) is 18.0 Å². The van der Waals surface area contributed by atoms with E-state index >= 15 is 0 Å². The van der Waals surface area contributed by atoms with Crippen LogP contribution in [0.1, 0.15) is 66.4 Å². The van der Waals surface area contributed by atoms with E-state index in [0.717, 1.165) is 28.6 Å². The summed E-state index contributed by atoms with van der Waals surface area (Å²) < 4.78 is 30.3. The van der Waals surface area contributed by atoms with Crippen LogP contribution in [0.15, 0.2) is 60.7 Å². The van der Waals surface area contributed by atoms with Crippen LogP contribution in [0.5, 0.6) is 0 Å². The largest absolute Gasteiger partial charge is 0.478 e. The monoisotopic (exact) mass is 634 g/mol. The van der Waals surface area contributed by atoms with E-state index in [1.165, 1.54) is 6.07 Å². The topological polar surface area (TPSA) is 113 Å². The van der Waals surface area contributed by atoms with E-state index in [1.54, 1.807) is 23.1 Å². The van der Waals surface area contributed by atoms with Gasteiger partial charge in [-0.25, -0.2) is 17.9 Å². The minimum absolute atomic E-state index is 0.00172. The number of aromatic carboxylic acids is 1. The molecule has 0 fully saturated rings. The van der Waals surface area contributed by atoms with Crippen LogP contribution in [0.3, 0.4) is 0 Å². The average molecular weight is 636 g/mol. The van der Waals surface area contributed by atoms with Crippen LogP contribution in [-0.2, 0) is 32.5 Å². The smallest absolute Gasteiger partial charge is 0.336 e. The van der Waals surface area contributed by atoms with E-state index in [-0.39, 0.29) is 30.0 Å². The highest BCUT2D eigenvalue weighted by Gasteiger charge is 2.32. The van der Waals surface area contributed by atoms with Gasteiger partial charge in [-0.3, -0.25) is 4.79 Å². The fourth-order valence-electron chi connectivity index (χ4n) is 4.61. The normalized spacial score (nSPS) is 15.4. The molecular weight excluding hydrogens is 599 g/mol. The molecular formula is C31H36Cl2N2O6S. The molecule has 3 aromatic rings. The molecule has 3 aromatic carbocycles. The molecule has 226 valence electrons. The number of carboxylic acid groups (broad SMARTS) is 1. The zero-order valence-electron chi connectivity index (χ0n) is 24.3. The number of benzene rings is 3. The lowest BCUT2D eigenvalue weighted by Gasteiger charge is -2.30. The Morgan fingerprint density at radius 2 is 1.76 bits per heavy atom. The highest BCUT2D eigenvalue weighted by molar-refractivity contribution is 7.88. The Morgan fingerprint density at radius 3 is 2.36 bits per heavy atom. The number of carbonyl (C=O) groups excluding carboxylic acids is 1. The number of halogens is 2. The summed E-state index contributed by atoms with van der Waals surface area (Å²) in [4.78, 5) is 25.6. The number of carbonyl (C=O) groups is 2. The third kappa shape index (κ3) is 9.02. The third-order valence-corrected chi connectivity index (χ3v) is 7.70. The number of carboxylic acids is 1. The van der Waals surface area contributed by atoms with Gasteiger partial charge in [0.25, 0.3) is 5.91 Å². The predicted molar refractivity (Wildman–Crippen MR) is 167 cm³/mol. The first-order valence-corrected chi connectivity index (χ1v) is 16.0. The number of hydrogen-bond donors (Lipinski definition) is 2. The number of hydrogen-bond acceptors (Lipinski definition) is 5. The van der Waals surface area contributed by atoms with Gasteiger partial charge < -0.3 is 14.7 Å². The number of aryl methyl sites for hydroxylation is 1. The average Bonchev–Trinajstić information content (AvgIpc) is 3.02. The molecule has 0 saturated heterocycles. The van der Waals surface area contributed by atoms with Crippen molar-refractivity contribution in [1.82, 2.24) is 4.72 Å². The van der Waals surface area contributed by atoms with Crippen LogP contribution in [-0.4, -0.2) is 44.8 Å². The van der Waals surface area contributed by atoms with Crippen LogP contribution in [0.4, 0.5) is 5.69 Å². The first kappa shape index (κ1) is 33.6. The third-order valence-electron chi connectivity index (χ3n) is 6.45. The Balaban J connectivity index is 0.000000250. The number of fused-ring (bicyclic) bond motifs is 1. The van der Waals surface area contributed by atoms with Crippen LogP contribution < -0.4 is 9.62 Å². The Hall–Kier alpha value is -2.95. The first-order chi connectivity index (χ1) is 19.6. The molecule has 2 N–H and O–H groups in total. The summed E-state index contributed by atoms with van der Waals surface area (Å²) in [5.41, 5.74) is 3.96. The quantitative estimate of drug-likeness (QED) is 0.307. The van der Waals surface area contributed by atoms with Crippen molar-refractivity contribution >= 4 is 50.8 Å². The second-order valence-electron chi connectivity index (χ2n) is 11.2. The van der Waals surface area contributed by atoms with Gasteiger partial charge in [0.15, 0.2) is 0 Å². The van der Waals surface area contributed by atoms with Gasteiger partial charge in [-0.2, -0.15) is 0 Å². The van der Waals surface area contributed by atoms with E-state index < -0.39 is 22.1 Å². The maximum atomic E-state index is 12.7. The highest BCUT2D eigenvalue weighted by Crippen LogP contribution is 2.40. The van der Waals surface area contributed by atoms with Crippen LogP contribution in [0.2, 0.25) is 10.0 Å². The van der Waals surface area contributed by atoms with Crippen molar-refractivity contribution in [3.63, 3.8) is 0 Å². The zero-order valence-corrected chi connectivity index (χ0v) is 26.6. The molecule has 11 heteroatoms. The molecule has 8 nitrogen and oxygen atoms in total. The summed E-state index contributed by atoms with van der Waals surface area (Å²) in [5.74, 6) is -1.11. The molecule has 0 bridgehead atoms. The lowest BCUT2D eigenvalue weighted by Crippen LogP contribution is -2.39. The van der Waals surface area contributed by atoms with E-state index in [4.69, 9.17) is 33.0 Å². The molecule has 1 atom stereocenters. The molecule has 1 aliphatic rings. The Kier molecular flexibility index (Phi) is 11.2. The number of anilines is 1. The number of rotatable bonds is 7. The standard InChI is InChI=1S/C20H21Cl2NO2.C11H15NO4S/c1-20(2,3)12-23-17-9-8-13(21)10-15(17)19(25-11-18(23)24)14-6-4-5-7-16(14)22;1-3-8-5-4-6-9(11(13)14)10(8)7-12-17(2,15)16/h4-10,19H,11-12H2,1-3H3;4-6,12H,3,7H2,1-2H3,(H,13,14). The Labute approximate surface area is 257 Å². The minimum Gasteiger partial charge on any atom is -0.478 e. The minimum atomic E-state index is -3.33. The Morgan fingerprint density at radius 1 is 1.07 bits per heavy atom. The molecule has 1 unspecified atom stereocenters. The molecule has 0 radical (unpaired) electrons. The SMILES string of the molecule is CC(C)(C)CN1C(=O)COC(c2ccccc2Cl)c2cc(Cl)ccc21.CCc1cccc(C(=O)O)c1CNS(C)(=O)=O. The fraction of sp³-hybridized carbons (Fsp3) is 0.355. The van der Waals surface area contributed by atoms with Gasteiger partial charge in [-0.1, -0.05) is 81.2 Å². The molecule has 1 aliphatic heterocycles. The van der Waals surface area contributed by atoms with Gasteiger partial charge >= 0.3 is 5.97 Å². The van der Waals surface area contributed by atoms with Crippen LogP contribution in [0.25, 0.3) is 0 Å². The second kappa shape index (κ2) is 14.0. The van der Waals surface area contributed by atoms with Gasteiger partial charge in [-0.15, -0.1) is 0 Å². The maximum absolute atomic E-state index is 12.7. The van der Waals surface area contributed by atoms with E-state index in [2.05, 4.69) is 25.5 Å². The lowest BCUT2D eigenvalue weighted by atomic mass is 9.94. The van der Waals surface area contributed by atoms with Gasteiger partial charge in [0.1, 0.15) is 12.7 Å². The van der Waals surface area contributed by atoms with Crippen molar-refractivity contribution in [2.24, 2.45) is 5.41 Å². The highest BCUT2D eigenvalue weighted by atomic mass is 35.5. The summed E-state index contributed by atoms with van der Waals surface area (Å²) in [6, 6.07) is 18.0. The maximum Gasteiger partial charge on any atom is 0.336 e. The summed E-state index contributed by atoms with van der Waals surface area (Å²) >= 11 is 12.6. The number of amides is 1. The predicted octanol–water partition coefficient (Wildman–Crippen LogP) is 6.49. The van der Waals surface area contributed by atoms with Crippen molar-refractivity contribution in [3.8, 4) is 0 Å². The molecule has 4 rings (SSSR count). The summed E-state index contributed by atoms with van der Waals surface area (Å²) in [6.45, 7) is 8.81. The zero-order chi connectivity index (χ0) is 31.2. The summed E-state index contributed by atoms with van der Waals surface area (Å²) in [5, 5.41) is 10.2. The lowest BCUT2D eigenvalue weighted by molar-refractivity contribution is -0.124. The van der Waals surface area contributed by atoms with Gasteiger partial charge in [0.05, 0.1) is 11.8 Å². The molecule has 1 amide bonds. The van der Waals surface area contributed by atoms with Crippen molar-refractivity contribution < 1.29 is 27.9 Å². The molecule has 0 aliphatic carbocycles. The fourth-order valence-corrected chi connectivity index (χ4v) is 5.43. The number of ether oxygens (including phenoxy) is 1. The van der Waals surface area contributed by atoms with Crippen molar-refractivity contribution in [2.45, 2.75) is 46.8 Å². The summed E-state index contributed by atoms with van der Waals surface area (Å²) in [6.07, 6.45) is 1.26. The molecule has 0 saturated carbocycles. The summed E-state index contributed by atoms with van der Waals surface area (Å²) in [7, 11) is -3.33. The molecule has 1 heterocycles. The van der Waals surface area contributed by atoms with Gasteiger partial charge in [0.2, 0.25) is 10.0 Å². The number of sulfonamides is 1. The van der Waals surface area contributed by atoms with Gasteiger partial charge in [-0.05, 0) is 53.3 Å². The first-order valence-electron chi connectivity index (χ1n) is 13.4. The Bertz CT molecular complexity index is 1550. The second-order valence-corrected chi connectivity index (χ2v) is 13.8. The molecule has 0 aromatic heterocycles. The van der Waals surface area contributed by atoms with Crippen molar-refractivity contribution in [1.29, 1.82) is 0 Å². The van der Waals surface area contributed by atoms with Crippen LogP contribution in [0, 0.1) is 5.41 Å². The molecule has 42 heavy (non-hydrogen) atoms. The van der Waals surface area contributed by atoms with Gasteiger partial charge in [0, 0.05) is 39.9 Å². The van der Waals surface area contributed by atoms with E-state index in [1.807, 2.05) is 43.3 Å². The van der Waals surface area contributed by atoms with Crippen LogP contribution >= 0.6 is 23.2 Å². The van der Waals surface area contributed by atoms with E-state index in [0.29, 0.717) is 28.6 Å². The number of nitrogens with zero attached hydrogens (tertiary/aromatic N) is 1.